The molecule has 206 valence electrons. The van der Waals surface area contributed by atoms with Crippen molar-refractivity contribution in [3.05, 3.63) is 95.8 Å². The summed E-state index contributed by atoms with van der Waals surface area (Å²) in [6, 6.07) is 21.8. The zero-order valence-corrected chi connectivity index (χ0v) is 22.3. The van der Waals surface area contributed by atoms with Crippen LogP contribution in [-0.4, -0.2) is 61.1 Å². The van der Waals surface area contributed by atoms with Crippen molar-refractivity contribution in [2.24, 2.45) is 0 Å². The van der Waals surface area contributed by atoms with Crippen LogP contribution in [0.1, 0.15) is 25.0 Å². The van der Waals surface area contributed by atoms with Crippen LogP contribution < -0.4 is 10.1 Å². The first-order valence-electron chi connectivity index (χ1n) is 13.2. The molecule has 39 heavy (non-hydrogen) atoms. The lowest BCUT2D eigenvalue weighted by atomic mass is 10.0. The number of ketones is 1. The normalized spacial score (nSPS) is 18.3. The third-order valence-electron chi connectivity index (χ3n) is 6.33. The maximum Gasteiger partial charge on any atom is 0.234 e. The Morgan fingerprint density at radius 1 is 0.923 bits per heavy atom. The maximum absolute atomic E-state index is 13.3. The summed E-state index contributed by atoms with van der Waals surface area (Å²) in [5.41, 5.74) is 1.77. The summed E-state index contributed by atoms with van der Waals surface area (Å²) in [7, 11) is 0. The molecule has 0 aliphatic carbocycles. The number of halogens is 1. The number of carbonyl (C=O) groups is 2. The fourth-order valence-corrected chi connectivity index (χ4v) is 4.58. The van der Waals surface area contributed by atoms with Crippen molar-refractivity contribution in [2.75, 3.05) is 26.2 Å². The predicted molar refractivity (Wildman–Crippen MR) is 146 cm³/mol. The van der Waals surface area contributed by atoms with E-state index in [0.29, 0.717) is 31.2 Å². The van der Waals surface area contributed by atoms with Gasteiger partial charge in [0.05, 0.1) is 32.0 Å². The zero-order chi connectivity index (χ0) is 27.6. The van der Waals surface area contributed by atoms with Crippen molar-refractivity contribution in [2.45, 2.75) is 45.1 Å². The quantitative estimate of drug-likeness (QED) is 0.368. The number of hydrogen-bond donors (Lipinski definition) is 1. The van der Waals surface area contributed by atoms with Gasteiger partial charge in [0.25, 0.3) is 0 Å². The largest absolute Gasteiger partial charge is 0.457 e. The second kappa shape index (κ2) is 14.0. The van der Waals surface area contributed by atoms with Crippen molar-refractivity contribution >= 4 is 11.7 Å². The molecule has 1 fully saturated rings. The van der Waals surface area contributed by atoms with Crippen molar-refractivity contribution < 1.29 is 28.2 Å². The third-order valence-corrected chi connectivity index (χ3v) is 6.33. The van der Waals surface area contributed by atoms with E-state index in [1.807, 2.05) is 49.1 Å². The highest BCUT2D eigenvalue weighted by Crippen LogP contribution is 2.22. The Morgan fingerprint density at radius 3 is 2.18 bits per heavy atom. The van der Waals surface area contributed by atoms with E-state index in [-0.39, 0.29) is 49.3 Å². The van der Waals surface area contributed by atoms with Gasteiger partial charge >= 0.3 is 0 Å². The molecule has 0 bridgehead atoms. The number of amides is 1. The van der Waals surface area contributed by atoms with Gasteiger partial charge in [-0.15, -0.1) is 0 Å². The first-order valence-corrected chi connectivity index (χ1v) is 13.2. The summed E-state index contributed by atoms with van der Waals surface area (Å²) in [5, 5.41) is 2.90. The van der Waals surface area contributed by atoms with Gasteiger partial charge in [0.1, 0.15) is 23.4 Å². The van der Waals surface area contributed by atoms with E-state index in [1.54, 1.807) is 36.4 Å². The molecular formula is C31H35FN2O5. The second-order valence-electron chi connectivity index (χ2n) is 9.92. The van der Waals surface area contributed by atoms with Gasteiger partial charge in [-0.05, 0) is 61.4 Å². The van der Waals surface area contributed by atoms with Gasteiger partial charge in [-0.2, -0.15) is 0 Å². The molecule has 8 heteroatoms. The molecule has 1 aliphatic rings. The van der Waals surface area contributed by atoms with Crippen molar-refractivity contribution in [1.82, 2.24) is 10.2 Å². The number of nitrogens with zero attached hydrogens (tertiary/aromatic N) is 1. The summed E-state index contributed by atoms with van der Waals surface area (Å²) in [6.45, 7) is 5.90. The Balaban J connectivity index is 1.36. The Bertz CT molecular complexity index is 1190. The smallest absolute Gasteiger partial charge is 0.234 e. The van der Waals surface area contributed by atoms with E-state index in [4.69, 9.17) is 14.2 Å². The molecule has 0 aromatic heterocycles. The molecule has 3 atom stereocenters. The summed E-state index contributed by atoms with van der Waals surface area (Å²) in [5.74, 6) is 0.387. The molecule has 0 saturated carbocycles. The van der Waals surface area contributed by atoms with Crippen LogP contribution in [0.15, 0.2) is 78.9 Å². The molecule has 1 aliphatic heterocycles. The Kier molecular flexibility index (Phi) is 10.2. The van der Waals surface area contributed by atoms with Gasteiger partial charge in [-0.25, -0.2) is 4.39 Å². The van der Waals surface area contributed by atoms with Gasteiger partial charge in [-0.3, -0.25) is 14.5 Å². The second-order valence-corrected chi connectivity index (χ2v) is 9.92. The minimum atomic E-state index is -0.785. The van der Waals surface area contributed by atoms with Gasteiger partial charge in [0, 0.05) is 19.5 Å². The molecule has 3 aromatic carbocycles. The van der Waals surface area contributed by atoms with E-state index in [2.05, 4.69) is 5.32 Å². The minimum absolute atomic E-state index is 0.0446. The highest BCUT2D eigenvalue weighted by atomic mass is 19.1. The molecule has 0 spiro atoms. The molecule has 3 aromatic rings. The fraction of sp³-hybridized carbons (Fsp3) is 0.355. The van der Waals surface area contributed by atoms with Gasteiger partial charge < -0.3 is 19.5 Å². The Hall–Kier alpha value is -3.59. The van der Waals surface area contributed by atoms with Crippen LogP contribution >= 0.6 is 0 Å². The number of Topliss-reactive ketones (excluding diaryl/α,β-unsaturated/α-hetero) is 1. The monoisotopic (exact) mass is 534 g/mol. The molecule has 4 rings (SSSR count). The number of carbonyl (C=O) groups excluding carboxylic acids is 2. The van der Waals surface area contributed by atoms with Crippen LogP contribution in [-0.2, 0) is 32.1 Å². The number of morpholine rings is 1. The van der Waals surface area contributed by atoms with Gasteiger partial charge in [0.15, 0.2) is 5.78 Å². The summed E-state index contributed by atoms with van der Waals surface area (Å²) in [6.07, 6.45) is 0.216. The highest BCUT2D eigenvalue weighted by Gasteiger charge is 2.26. The molecule has 1 saturated heterocycles. The summed E-state index contributed by atoms with van der Waals surface area (Å²) < 4.78 is 30.5. The fourth-order valence-electron chi connectivity index (χ4n) is 4.58. The maximum atomic E-state index is 13.3. The summed E-state index contributed by atoms with van der Waals surface area (Å²) in [4.78, 5) is 28.3. The number of benzene rings is 3. The van der Waals surface area contributed by atoms with Crippen LogP contribution in [0.3, 0.4) is 0 Å². The number of hydrogen-bond acceptors (Lipinski definition) is 6. The van der Waals surface area contributed by atoms with E-state index >= 15 is 0 Å². The van der Waals surface area contributed by atoms with Crippen molar-refractivity contribution in [1.29, 1.82) is 0 Å². The van der Waals surface area contributed by atoms with Crippen LogP contribution in [0.5, 0.6) is 11.5 Å². The Labute approximate surface area is 228 Å². The van der Waals surface area contributed by atoms with Crippen LogP contribution in [0.2, 0.25) is 0 Å². The lowest BCUT2D eigenvalue weighted by molar-refractivity contribution is -0.132. The Morgan fingerprint density at radius 2 is 1.54 bits per heavy atom. The lowest BCUT2D eigenvalue weighted by Gasteiger charge is -2.35. The zero-order valence-electron chi connectivity index (χ0n) is 22.3. The average molecular weight is 535 g/mol. The van der Waals surface area contributed by atoms with E-state index in [0.717, 1.165) is 11.1 Å². The number of ether oxygens (including phenoxy) is 3. The molecule has 1 N–H and O–H groups in total. The highest BCUT2D eigenvalue weighted by molar-refractivity contribution is 5.91. The molecule has 2 unspecified atom stereocenters. The molecule has 1 amide bonds. The minimum Gasteiger partial charge on any atom is -0.457 e. The van der Waals surface area contributed by atoms with E-state index in [1.165, 1.54) is 12.1 Å². The molecule has 1 heterocycles. The molecule has 7 nitrogen and oxygen atoms in total. The summed E-state index contributed by atoms with van der Waals surface area (Å²) >= 11 is 0. The first kappa shape index (κ1) is 28.4. The van der Waals surface area contributed by atoms with Gasteiger partial charge in [-0.1, -0.05) is 42.5 Å². The number of nitrogens with one attached hydrogen (secondary N) is 1. The van der Waals surface area contributed by atoms with Crippen molar-refractivity contribution in [3.8, 4) is 11.5 Å². The topological polar surface area (TPSA) is 77.1 Å². The van der Waals surface area contributed by atoms with E-state index in [9.17, 15) is 14.0 Å². The first-order chi connectivity index (χ1) is 18.8. The third kappa shape index (κ3) is 9.28. The predicted octanol–water partition coefficient (Wildman–Crippen LogP) is 4.54. The number of rotatable bonds is 12. The van der Waals surface area contributed by atoms with Gasteiger partial charge in [0.2, 0.25) is 5.91 Å². The SMILES string of the molecule is CC1CN(CC(=O)N[C@@H](COCc2ccccc2)C(=O)Cc2ccc(Oc3ccc(F)cc3)cc2)CC(C)O1. The van der Waals surface area contributed by atoms with Crippen molar-refractivity contribution in [3.63, 3.8) is 0 Å². The molecular weight excluding hydrogens is 499 g/mol. The van der Waals surface area contributed by atoms with Crippen LogP contribution in [0.25, 0.3) is 0 Å². The lowest BCUT2D eigenvalue weighted by Crippen LogP contribution is -2.52. The van der Waals surface area contributed by atoms with E-state index < -0.39 is 6.04 Å². The van der Waals surface area contributed by atoms with Crippen LogP contribution in [0, 0.1) is 5.82 Å². The average Bonchev–Trinajstić information content (AvgIpc) is 2.90. The molecule has 0 radical (unpaired) electrons. The standard InChI is InChI=1S/C31H35FN2O5/c1-22-17-34(18-23(2)38-22)19-31(36)33-29(21-37-20-25-6-4-3-5-7-25)30(35)16-24-8-12-27(13-9-24)39-28-14-10-26(32)11-15-28/h3-15,22-23,29H,16-21H2,1-2H3,(H,33,36)/t22?,23?,29-/m0/s1. The van der Waals surface area contributed by atoms with Crippen LogP contribution in [0.4, 0.5) is 4.39 Å².